The third kappa shape index (κ3) is 1.82. The minimum Gasteiger partial charge on any atom is -0.349 e. The van der Waals surface area contributed by atoms with Crippen LogP contribution in [0.2, 0.25) is 0 Å². The lowest BCUT2D eigenvalue weighted by atomic mass is 9.99. The van der Waals surface area contributed by atoms with Gasteiger partial charge < -0.3 is 10.6 Å². The average molecular weight is 220 g/mol. The molecule has 0 aliphatic carbocycles. The van der Waals surface area contributed by atoms with Crippen LogP contribution in [-0.2, 0) is 0 Å². The van der Waals surface area contributed by atoms with E-state index in [4.69, 9.17) is 0 Å². The van der Waals surface area contributed by atoms with Crippen molar-refractivity contribution >= 4 is 5.91 Å². The van der Waals surface area contributed by atoms with Crippen LogP contribution in [0.1, 0.15) is 36.0 Å². The molecule has 3 N–H and O–H groups in total. The van der Waals surface area contributed by atoms with Crippen molar-refractivity contribution in [3.05, 3.63) is 18.0 Å². The van der Waals surface area contributed by atoms with Gasteiger partial charge in [-0.05, 0) is 25.7 Å². The van der Waals surface area contributed by atoms with Gasteiger partial charge in [0.05, 0.1) is 11.8 Å². The van der Waals surface area contributed by atoms with E-state index in [2.05, 4.69) is 20.8 Å². The lowest BCUT2D eigenvalue weighted by Crippen LogP contribution is -2.47. The summed E-state index contributed by atoms with van der Waals surface area (Å²) in [5.41, 5.74) is 0.617. The van der Waals surface area contributed by atoms with Gasteiger partial charge in [-0.1, -0.05) is 0 Å². The molecule has 2 aliphatic rings. The fourth-order valence-electron chi connectivity index (χ4n) is 2.82. The smallest absolute Gasteiger partial charge is 0.254 e. The highest BCUT2D eigenvalue weighted by Crippen LogP contribution is 2.26. The van der Waals surface area contributed by atoms with Crippen molar-refractivity contribution in [2.24, 2.45) is 0 Å². The van der Waals surface area contributed by atoms with Crippen molar-refractivity contribution in [3.8, 4) is 0 Å². The number of carbonyl (C=O) groups excluding carboxylic acids is 1. The summed E-state index contributed by atoms with van der Waals surface area (Å²) in [4.78, 5) is 11.8. The quantitative estimate of drug-likeness (QED) is 0.676. The van der Waals surface area contributed by atoms with Crippen LogP contribution < -0.4 is 10.6 Å². The molecule has 5 heteroatoms. The fourth-order valence-corrected chi connectivity index (χ4v) is 2.82. The molecule has 0 aromatic carbocycles. The molecule has 1 amide bonds. The Morgan fingerprint density at radius 2 is 2.12 bits per heavy atom. The van der Waals surface area contributed by atoms with Crippen molar-refractivity contribution in [1.82, 2.24) is 20.8 Å². The molecule has 86 valence electrons. The largest absolute Gasteiger partial charge is 0.349 e. The van der Waals surface area contributed by atoms with Crippen LogP contribution in [0.4, 0.5) is 0 Å². The number of piperidine rings is 1. The van der Waals surface area contributed by atoms with E-state index in [0.717, 1.165) is 12.8 Å². The molecule has 5 nitrogen and oxygen atoms in total. The highest BCUT2D eigenvalue weighted by molar-refractivity contribution is 5.93. The number of hydrogen-bond acceptors (Lipinski definition) is 3. The van der Waals surface area contributed by atoms with Gasteiger partial charge in [0.15, 0.2) is 0 Å². The average Bonchev–Trinajstić information content (AvgIpc) is 2.88. The number of amides is 1. The van der Waals surface area contributed by atoms with Gasteiger partial charge in [-0.15, -0.1) is 0 Å². The number of rotatable bonds is 2. The maximum absolute atomic E-state index is 11.8. The molecule has 16 heavy (non-hydrogen) atoms. The molecule has 0 spiro atoms. The lowest BCUT2D eigenvalue weighted by Gasteiger charge is -2.29. The van der Waals surface area contributed by atoms with Crippen LogP contribution in [0, 0.1) is 0 Å². The molecule has 0 radical (unpaired) electrons. The second-order valence-electron chi connectivity index (χ2n) is 4.77. The topological polar surface area (TPSA) is 69.8 Å². The van der Waals surface area contributed by atoms with E-state index in [1.54, 1.807) is 12.4 Å². The van der Waals surface area contributed by atoms with Crippen molar-refractivity contribution in [2.75, 3.05) is 0 Å². The van der Waals surface area contributed by atoms with Crippen molar-refractivity contribution < 1.29 is 4.79 Å². The summed E-state index contributed by atoms with van der Waals surface area (Å²) < 4.78 is 0. The second-order valence-corrected chi connectivity index (χ2v) is 4.77. The minimum absolute atomic E-state index is 0.0138. The number of hydrogen-bond donors (Lipinski definition) is 3. The van der Waals surface area contributed by atoms with Crippen molar-refractivity contribution in [2.45, 2.75) is 43.8 Å². The van der Waals surface area contributed by atoms with Gasteiger partial charge in [-0.25, -0.2) is 0 Å². The fraction of sp³-hybridized carbons (Fsp3) is 0.636. The van der Waals surface area contributed by atoms with Gasteiger partial charge in [0.2, 0.25) is 0 Å². The Labute approximate surface area is 94.0 Å². The lowest BCUT2D eigenvalue weighted by molar-refractivity contribution is 0.0924. The highest BCUT2D eigenvalue weighted by Gasteiger charge is 2.34. The molecular formula is C11H16N4O. The predicted octanol–water partition coefficient (Wildman–Crippen LogP) is 0.422. The SMILES string of the molecule is O=C(NC1CC2CCC(C1)N2)c1cn[nH]c1. The third-order valence-electron chi connectivity index (χ3n) is 3.57. The van der Waals surface area contributed by atoms with E-state index >= 15 is 0 Å². The summed E-state index contributed by atoms with van der Waals surface area (Å²) in [6.45, 7) is 0. The van der Waals surface area contributed by atoms with E-state index in [9.17, 15) is 4.79 Å². The molecule has 1 aromatic rings. The van der Waals surface area contributed by atoms with Crippen LogP contribution in [0.3, 0.4) is 0 Å². The van der Waals surface area contributed by atoms with Gasteiger partial charge >= 0.3 is 0 Å². The Balaban J connectivity index is 1.61. The van der Waals surface area contributed by atoms with Crippen LogP contribution in [-0.4, -0.2) is 34.2 Å². The predicted molar refractivity (Wildman–Crippen MR) is 59.0 cm³/mol. The molecule has 0 saturated carbocycles. The third-order valence-corrected chi connectivity index (χ3v) is 3.57. The van der Waals surface area contributed by atoms with E-state index in [1.807, 2.05) is 0 Å². The number of aromatic amines is 1. The van der Waals surface area contributed by atoms with Crippen molar-refractivity contribution in [3.63, 3.8) is 0 Å². The molecule has 2 saturated heterocycles. The highest BCUT2D eigenvalue weighted by atomic mass is 16.1. The number of nitrogens with zero attached hydrogens (tertiary/aromatic N) is 1. The van der Waals surface area contributed by atoms with Crippen LogP contribution in [0.25, 0.3) is 0 Å². The Morgan fingerprint density at radius 1 is 1.38 bits per heavy atom. The Kier molecular flexibility index (Phi) is 2.40. The van der Waals surface area contributed by atoms with E-state index < -0.39 is 0 Å². The van der Waals surface area contributed by atoms with Crippen LogP contribution in [0.15, 0.2) is 12.4 Å². The maximum atomic E-state index is 11.8. The first-order valence-corrected chi connectivity index (χ1v) is 5.87. The summed E-state index contributed by atoms with van der Waals surface area (Å²) in [7, 11) is 0. The standard InChI is InChI=1S/C11H16N4O/c16-11(7-5-12-13-6-7)15-10-3-8-1-2-9(4-10)14-8/h5-6,8-10,14H,1-4H2,(H,12,13)(H,15,16). The molecule has 3 rings (SSSR count). The van der Waals surface area contributed by atoms with Crippen LogP contribution >= 0.6 is 0 Å². The van der Waals surface area contributed by atoms with E-state index in [-0.39, 0.29) is 5.91 Å². The molecule has 3 heterocycles. The number of fused-ring (bicyclic) bond motifs is 2. The summed E-state index contributed by atoms with van der Waals surface area (Å²) in [6.07, 6.45) is 7.81. The first kappa shape index (κ1) is 9.84. The van der Waals surface area contributed by atoms with E-state index in [0.29, 0.717) is 23.7 Å². The van der Waals surface area contributed by atoms with Gasteiger partial charge in [0.25, 0.3) is 5.91 Å². The Hall–Kier alpha value is -1.36. The van der Waals surface area contributed by atoms with Gasteiger partial charge in [0, 0.05) is 24.3 Å². The second kappa shape index (κ2) is 3.90. The zero-order valence-electron chi connectivity index (χ0n) is 9.07. The monoisotopic (exact) mass is 220 g/mol. The Bertz CT molecular complexity index is 363. The summed E-state index contributed by atoms with van der Waals surface area (Å²) in [5, 5.41) is 13.1. The normalized spacial score (nSPS) is 32.6. The summed E-state index contributed by atoms with van der Waals surface area (Å²) >= 11 is 0. The Morgan fingerprint density at radius 3 is 2.75 bits per heavy atom. The molecular weight excluding hydrogens is 204 g/mol. The van der Waals surface area contributed by atoms with E-state index in [1.165, 1.54) is 12.8 Å². The number of H-pyrrole nitrogens is 1. The molecule has 2 fully saturated rings. The van der Waals surface area contributed by atoms with Gasteiger partial charge in [-0.2, -0.15) is 5.10 Å². The van der Waals surface area contributed by atoms with Crippen molar-refractivity contribution in [1.29, 1.82) is 0 Å². The first-order valence-electron chi connectivity index (χ1n) is 5.87. The summed E-state index contributed by atoms with van der Waals surface area (Å²) in [6, 6.07) is 1.53. The minimum atomic E-state index is -0.0138. The number of nitrogens with one attached hydrogen (secondary N) is 3. The van der Waals surface area contributed by atoms with Gasteiger partial charge in [0.1, 0.15) is 0 Å². The maximum Gasteiger partial charge on any atom is 0.254 e. The molecule has 2 aliphatic heterocycles. The van der Waals surface area contributed by atoms with Gasteiger partial charge in [-0.3, -0.25) is 9.89 Å². The zero-order chi connectivity index (χ0) is 11.0. The zero-order valence-corrected chi connectivity index (χ0v) is 9.07. The molecule has 2 unspecified atom stereocenters. The summed E-state index contributed by atoms with van der Waals surface area (Å²) in [5.74, 6) is -0.0138. The number of aromatic nitrogens is 2. The molecule has 2 atom stereocenters. The van der Waals surface area contributed by atoms with Crippen LogP contribution in [0.5, 0.6) is 0 Å². The molecule has 2 bridgehead atoms. The first-order chi connectivity index (χ1) is 7.81. The number of carbonyl (C=O) groups is 1. The molecule has 1 aromatic heterocycles.